The number of nitrogens with zero attached hydrogens (tertiary/aromatic N) is 1. The Balaban J connectivity index is 1.59. The van der Waals surface area contributed by atoms with Crippen LogP contribution in [0.4, 0.5) is 0 Å². The Kier molecular flexibility index (Phi) is 7.65. The Morgan fingerprint density at radius 3 is 2.36 bits per heavy atom. The van der Waals surface area contributed by atoms with E-state index < -0.39 is 11.9 Å². The molecule has 0 amide bonds. The van der Waals surface area contributed by atoms with E-state index in [1.54, 1.807) is 73.8 Å². The highest BCUT2D eigenvalue weighted by Gasteiger charge is 2.26. The van der Waals surface area contributed by atoms with E-state index >= 15 is 0 Å². The van der Waals surface area contributed by atoms with Gasteiger partial charge in [0.25, 0.3) is 0 Å². The SMILES string of the molecule is CCOc1ccc(C2=N/C(=C\c3ccccc3OC(=O)c3ccc(OC)cc3)C(=O)O2)cc1OCC. The van der Waals surface area contributed by atoms with Gasteiger partial charge in [0.15, 0.2) is 17.2 Å². The molecule has 4 rings (SSSR count). The van der Waals surface area contributed by atoms with E-state index in [9.17, 15) is 9.59 Å². The van der Waals surface area contributed by atoms with Crippen molar-refractivity contribution in [3.05, 3.63) is 89.1 Å². The van der Waals surface area contributed by atoms with Gasteiger partial charge < -0.3 is 23.7 Å². The number of hydrogen-bond acceptors (Lipinski definition) is 8. The monoisotopic (exact) mass is 487 g/mol. The molecule has 0 radical (unpaired) electrons. The Labute approximate surface area is 208 Å². The van der Waals surface area contributed by atoms with Crippen LogP contribution in [0, 0.1) is 0 Å². The van der Waals surface area contributed by atoms with Gasteiger partial charge >= 0.3 is 11.9 Å². The van der Waals surface area contributed by atoms with Crippen molar-refractivity contribution in [2.24, 2.45) is 4.99 Å². The van der Waals surface area contributed by atoms with Crippen LogP contribution in [-0.2, 0) is 9.53 Å². The smallest absolute Gasteiger partial charge is 0.363 e. The first-order valence-electron chi connectivity index (χ1n) is 11.4. The summed E-state index contributed by atoms with van der Waals surface area (Å²) in [4.78, 5) is 29.6. The molecule has 0 bridgehead atoms. The van der Waals surface area contributed by atoms with Gasteiger partial charge in [0.2, 0.25) is 5.90 Å². The van der Waals surface area contributed by atoms with Gasteiger partial charge in [0.1, 0.15) is 11.5 Å². The van der Waals surface area contributed by atoms with Crippen LogP contribution in [0.25, 0.3) is 6.08 Å². The highest BCUT2D eigenvalue weighted by molar-refractivity contribution is 6.13. The fraction of sp³-hybridized carbons (Fsp3) is 0.179. The summed E-state index contributed by atoms with van der Waals surface area (Å²) in [6, 6.07) is 18.6. The lowest BCUT2D eigenvalue weighted by molar-refractivity contribution is -0.129. The topological polar surface area (TPSA) is 92.7 Å². The fourth-order valence-electron chi connectivity index (χ4n) is 3.44. The summed E-state index contributed by atoms with van der Waals surface area (Å²) in [5, 5.41) is 0. The molecule has 36 heavy (non-hydrogen) atoms. The molecule has 0 saturated carbocycles. The maximum Gasteiger partial charge on any atom is 0.363 e. The molecule has 3 aromatic rings. The average molecular weight is 488 g/mol. The molecule has 0 aromatic heterocycles. The van der Waals surface area contributed by atoms with Crippen LogP contribution < -0.4 is 18.9 Å². The predicted octanol–water partition coefficient (Wildman–Crippen LogP) is 5.06. The van der Waals surface area contributed by atoms with Gasteiger partial charge in [-0.2, -0.15) is 0 Å². The number of methoxy groups -OCH3 is 1. The molecular formula is C28H25NO7. The van der Waals surface area contributed by atoms with Crippen molar-refractivity contribution in [1.29, 1.82) is 0 Å². The van der Waals surface area contributed by atoms with Crippen LogP contribution in [0.3, 0.4) is 0 Å². The van der Waals surface area contributed by atoms with Gasteiger partial charge in [0, 0.05) is 11.1 Å². The third-order valence-corrected chi connectivity index (χ3v) is 5.15. The molecule has 3 aromatic carbocycles. The summed E-state index contributed by atoms with van der Waals surface area (Å²) < 4.78 is 27.3. The maximum absolute atomic E-state index is 12.6. The van der Waals surface area contributed by atoms with Crippen LogP contribution in [0.2, 0.25) is 0 Å². The lowest BCUT2D eigenvalue weighted by Crippen LogP contribution is -2.09. The first-order chi connectivity index (χ1) is 17.5. The lowest BCUT2D eigenvalue weighted by atomic mass is 10.1. The molecular weight excluding hydrogens is 462 g/mol. The Morgan fingerprint density at radius 1 is 0.917 bits per heavy atom. The molecule has 0 spiro atoms. The second-order valence-corrected chi connectivity index (χ2v) is 7.52. The number of aliphatic imine (C=N–C) groups is 1. The van der Waals surface area contributed by atoms with E-state index in [0.29, 0.717) is 47.2 Å². The van der Waals surface area contributed by atoms with Crippen molar-refractivity contribution >= 4 is 23.9 Å². The third-order valence-electron chi connectivity index (χ3n) is 5.15. The largest absolute Gasteiger partial charge is 0.497 e. The minimum absolute atomic E-state index is 0.0739. The number of carbonyl (C=O) groups is 2. The molecule has 0 N–H and O–H groups in total. The number of cyclic esters (lactones) is 1. The first-order valence-corrected chi connectivity index (χ1v) is 11.4. The van der Waals surface area contributed by atoms with Crippen LogP contribution in [0.5, 0.6) is 23.0 Å². The molecule has 0 saturated heterocycles. The third kappa shape index (κ3) is 5.55. The van der Waals surface area contributed by atoms with E-state index in [2.05, 4.69) is 4.99 Å². The molecule has 1 aliphatic heterocycles. The quantitative estimate of drug-likeness (QED) is 0.237. The van der Waals surface area contributed by atoms with E-state index in [0.717, 1.165) is 0 Å². The molecule has 1 aliphatic rings. The highest BCUT2D eigenvalue weighted by atomic mass is 16.6. The van der Waals surface area contributed by atoms with E-state index in [1.165, 1.54) is 6.08 Å². The van der Waals surface area contributed by atoms with Crippen LogP contribution in [0.1, 0.15) is 35.3 Å². The van der Waals surface area contributed by atoms with Crippen molar-refractivity contribution in [3.8, 4) is 23.0 Å². The second-order valence-electron chi connectivity index (χ2n) is 7.52. The van der Waals surface area contributed by atoms with E-state index in [1.807, 2.05) is 13.8 Å². The zero-order valence-electron chi connectivity index (χ0n) is 20.1. The zero-order valence-corrected chi connectivity index (χ0v) is 20.1. The Hall–Kier alpha value is -4.59. The number of esters is 2. The molecule has 0 unspecified atom stereocenters. The Bertz CT molecular complexity index is 1330. The molecule has 8 nitrogen and oxygen atoms in total. The number of carbonyl (C=O) groups excluding carboxylic acids is 2. The summed E-state index contributed by atoms with van der Waals surface area (Å²) >= 11 is 0. The van der Waals surface area contributed by atoms with Gasteiger partial charge in [0.05, 0.1) is 25.9 Å². The molecule has 0 atom stereocenters. The number of hydrogen-bond donors (Lipinski definition) is 0. The summed E-state index contributed by atoms with van der Waals surface area (Å²) in [5.41, 5.74) is 1.50. The summed E-state index contributed by atoms with van der Waals surface area (Å²) in [6.45, 7) is 4.70. The summed E-state index contributed by atoms with van der Waals surface area (Å²) in [7, 11) is 1.55. The maximum atomic E-state index is 12.6. The van der Waals surface area contributed by atoms with Gasteiger partial charge in [-0.25, -0.2) is 14.6 Å². The van der Waals surface area contributed by atoms with E-state index in [4.69, 9.17) is 23.7 Å². The Morgan fingerprint density at radius 2 is 1.64 bits per heavy atom. The average Bonchev–Trinajstić information content (AvgIpc) is 3.26. The van der Waals surface area contributed by atoms with Gasteiger partial charge in [-0.3, -0.25) is 0 Å². The van der Waals surface area contributed by atoms with Gasteiger partial charge in [-0.15, -0.1) is 0 Å². The van der Waals surface area contributed by atoms with Crippen molar-refractivity contribution < 1.29 is 33.3 Å². The molecule has 0 fully saturated rings. The molecule has 0 aliphatic carbocycles. The number of benzene rings is 3. The minimum Gasteiger partial charge on any atom is -0.497 e. The summed E-state index contributed by atoms with van der Waals surface area (Å²) in [6.07, 6.45) is 1.52. The van der Waals surface area contributed by atoms with Crippen molar-refractivity contribution in [2.45, 2.75) is 13.8 Å². The van der Waals surface area contributed by atoms with Crippen LogP contribution in [-0.4, -0.2) is 38.2 Å². The minimum atomic E-state index is -0.617. The summed E-state index contributed by atoms with van der Waals surface area (Å²) in [5.74, 6) is 1.02. The number of ether oxygens (including phenoxy) is 5. The van der Waals surface area contributed by atoms with Gasteiger partial charge in [-0.05, 0) is 68.5 Å². The fourth-order valence-corrected chi connectivity index (χ4v) is 3.44. The highest BCUT2D eigenvalue weighted by Crippen LogP contribution is 2.31. The predicted molar refractivity (Wildman–Crippen MR) is 134 cm³/mol. The van der Waals surface area contributed by atoms with E-state index in [-0.39, 0.29) is 17.3 Å². The zero-order chi connectivity index (χ0) is 25.5. The first kappa shape index (κ1) is 24.5. The normalized spacial score (nSPS) is 13.7. The van der Waals surface area contributed by atoms with Crippen LogP contribution in [0.15, 0.2) is 77.4 Å². The van der Waals surface area contributed by atoms with Crippen molar-refractivity contribution in [1.82, 2.24) is 0 Å². The molecule has 1 heterocycles. The number of para-hydroxylation sites is 1. The van der Waals surface area contributed by atoms with Crippen molar-refractivity contribution in [2.75, 3.05) is 20.3 Å². The lowest BCUT2D eigenvalue weighted by Gasteiger charge is -2.11. The molecule has 8 heteroatoms. The van der Waals surface area contributed by atoms with Gasteiger partial charge in [-0.1, -0.05) is 18.2 Å². The second kappa shape index (κ2) is 11.2. The number of rotatable bonds is 9. The standard InChI is InChI=1S/C28H25NO7/c1-4-33-24-15-12-20(17-25(24)34-5-2)26-29-22(28(31)36-26)16-19-8-6-7-9-23(19)35-27(30)18-10-13-21(32-3)14-11-18/h6-17H,4-5H2,1-3H3/b22-16-. The molecule has 184 valence electrons. The van der Waals surface area contributed by atoms with Crippen molar-refractivity contribution in [3.63, 3.8) is 0 Å². The van der Waals surface area contributed by atoms with Crippen LogP contribution >= 0.6 is 0 Å².